The fraction of sp³-hybridized carbons (Fsp3) is 0.241. The molecule has 6 aromatic carbocycles. The lowest BCUT2D eigenvalue weighted by Crippen LogP contribution is -2.23. The van der Waals surface area contributed by atoms with Crippen LogP contribution in [0.4, 0.5) is 11.4 Å². The Hall–Kier alpha value is -5.57. The van der Waals surface area contributed by atoms with Crippen LogP contribution in [-0.2, 0) is 16.8 Å². The maximum Gasteiger partial charge on any atom is 0.341 e. The summed E-state index contributed by atoms with van der Waals surface area (Å²) in [6, 6.07) is 40.0. The number of ether oxygens (including phenoxy) is 4. The Morgan fingerprint density at radius 2 is 1.09 bits per heavy atom. The third kappa shape index (κ3) is 10.8. The number of benzene rings is 6. The predicted molar refractivity (Wildman–Crippen MR) is 269 cm³/mol. The fourth-order valence-electron chi connectivity index (χ4n) is 7.85. The molecule has 7 nitrogen and oxygen atoms in total. The van der Waals surface area contributed by atoms with Crippen LogP contribution in [0.1, 0.15) is 84.3 Å². The Labute approximate surface area is 402 Å². The topological polar surface area (TPSA) is 78.0 Å². The van der Waals surface area contributed by atoms with E-state index >= 15 is 0 Å². The molecule has 2 N–H and O–H groups in total. The highest BCUT2D eigenvalue weighted by atomic mass is 35.5. The molecular formula is C54H52Cl4N2O5. The highest BCUT2D eigenvalue weighted by molar-refractivity contribution is 6.53. The van der Waals surface area contributed by atoms with Gasteiger partial charge in [0.2, 0.25) is 0 Å². The van der Waals surface area contributed by atoms with Crippen LogP contribution < -0.4 is 24.8 Å². The van der Waals surface area contributed by atoms with Crippen LogP contribution in [-0.4, -0.2) is 38.9 Å². The summed E-state index contributed by atoms with van der Waals surface area (Å²) >= 11 is 27.5. The molecule has 3 aliphatic rings. The second kappa shape index (κ2) is 22.1. The maximum atomic E-state index is 14.3. The molecule has 3 aliphatic heterocycles. The number of nitrogens with one attached hydrogen (secondary N) is 2. The smallest absolute Gasteiger partial charge is 0.341 e. The summed E-state index contributed by atoms with van der Waals surface area (Å²) in [5.41, 5.74) is 6.77. The molecule has 0 amide bonds. The molecule has 0 radical (unpaired) electrons. The quantitative estimate of drug-likeness (QED) is 0.0568. The molecule has 9 rings (SSSR count). The molecule has 0 aromatic heterocycles. The average molecular weight is 951 g/mol. The van der Waals surface area contributed by atoms with Crippen molar-refractivity contribution in [3.63, 3.8) is 0 Å². The lowest BCUT2D eigenvalue weighted by molar-refractivity contribution is 0.0300. The van der Waals surface area contributed by atoms with Crippen LogP contribution in [0.15, 0.2) is 133 Å². The van der Waals surface area contributed by atoms with Crippen LogP contribution >= 0.6 is 46.4 Å². The van der Waals surface area contributed by atoms with Crippen LogP contribution in [0.3, 0.4) is 0 Å². The molecule has 336 valence electrons. The molecule has 0 fully saturated rings. The number of halogens is 4. The summed E-state index contributed by atoms with van der Waals surface area (Å²) in [7, 11) is 0. The first-order chi connectivity index (χ1) is 31.6. The molecular weight excluding hydrogens is 898 g/mol. The Balaban J connectivity index is 0.000000617. The highest BCUT2D eigenvalue weighted by Crippen LogP contribution is 2.54. The monoisotopic (exact) mass is 948 g/mol. The molecule has 0 aliphatic carbocycles. The van der Waals surface area contributed by atoms with Gasteiger partial charge in [0.15, 0.2) is 5.60 Å². The van der Waals surface area contributed by atoms with Crippen LogP contribution in [0, 0.1) is 0 Å². The molecule has 0 saturated carbocycles. The molecule has 0 atom stereocenters. The molecule has 11 heteroatoms. The van der Waals surface area contributed by atoms with Crippen molar-refractivity contribution in [1.82, 2.24) is 0 Å². The molecule has 0 unspecified atom stereocenters. The van der Waals surface area contributed by atoms with Crippen LogP contribution in [0.25, 0.3) is 11.1 Å². The number of cyclic esters (lactones) is 1. The zero-order chi connectivity index (χ0) is 45.9. The van der Waals surface area contributed by atoms with E-state index in [0.717, 1.165) is 101 Å². The van der Waals surface area contributed by atoms with Crippen molar-refractivity contribution in [2.45, 2.75) is 52.6 Å². The summed E-state index contributed by atoms with van der Waals surface area (Å²) in [6.07, 6.45) is 6.75. The van der Waals surface area contributed by atoms with Gasteiger partial charge >= 0.3 is 5.97 Å². The van der Waals surface area contributed by atoms with E-state index in [9.17, 15) is 4.79 Å². The van der Waals surface area contributed by atoms with E-state index in [1.54, 1.807) is 0 Å². The Morgan fingerprint density at radius 3 is 1.57 bits per heavy atom. The molecule has 3 heterocycles. The Morgan fingerprint density at radius 1 is 0.615 bits per heavy atom. The van der Waals surface area contributed by atoms with Gasteiger partial charge in [0.25, 0.3) is 0 Å². The number of carbonyl (C=O) groups excluding carboxylic acids is 1. The number of fused-ring (bicyclic) bond motifs is 5. The van der Waals surface area contributed by atoms with Gasteiger partial charge in [0, 0.05) is 47.6 Å². The van der Waals surface area contributed by atoms with Crippen molar-refractivity contribution in [2.24, 2.45) is 0 Å². The van der Waals surface area contributed by atoms with Gasteiger partial charge in [-0.15, -0.1) is 0 Å². The minimum atomic E-state index is -1.67. The SMILES string of the molecule is CCCNc1ccccc1C(=CC1(C=C(c2ccc(OCC)cc2)c2ccccc2NCCC)OC(=O)c2c(Cl)c(Cl)c(Cl)c(Cl)c21)c1ccc(OCC)cc1.c1cc2ccc1CCO2. The summed E-state index contributed by atoms with van der Waals surface area (Å²) in [5, 5.41) is 7.18. The average Bonchev–Trinajstić information content (AvgIpc) is 3.51. The minimum Gasteiger partial charge on any atom is -0.494 e. The third-order valence-electron chi connectivity index (χ3n) is 10.9. The number of hydrogen-bond donors (Lipinski definition) is 2. The van der Waals surface area contributed by atoms with Gasteiger partial charge in [-0.1, -0.05) is 133 Å². The first-order valence-corrected chi connectivity index (χ1v) is 23.5. The van der Waals surface area contributed by atoms with Crippen molar-refractivity contribution in [2.75, 3.05) is 43.5 Å². The summed E-state index contributed by atoms with van der Waals surface area (Å²) < 4.78 is 23.6. The number of hydrogen-bond acceptors (Lipinski definition) is 7. The van der Waals surface area contributed by atoms with Crippen LogP contribution in [0.2, 0.25) is 20.1 Å². The number of carbonyl (C=O) groups is 1. The lowest BCUT2D eigenvalue weighted by Gasteiger charge is -2.28. The van der Waals surface area contributed by atoms with E-state index in [2.05, 4.69) is 36.6 Å². The van der Waals surface area contributed by atoms with E-state index in [1.165, 1.54) is 5.56 Å². The largest absolute Gasteiger partial charge is 0.494 e. The zero-order valence-corrected chi connectivity index (χ0v) is 39.9. The third-order valence-corrected chi connectivity index (χ3v) is 12.7. The molecule has 65 heavy (non-hydrogen) atoms. The van der Waals surface area contributed by atoms with Crippen molar-refractivity contribution in [3.05, 3.63) is 193 Å². The van der Waals surface area contributed by atoms with Gasteiger partial charge in [-0.3, -0.25) is 0 Å². The highest BCUT2D eigenvalue weighted by Gasteiger charge is 2.48. The van der Waals surface area contributed by atoms with E-state index < -0.39 is 11.6 Å². The Kier molecular flexibility index (Phi) is 16.1. The van der Waals surface area contributed by atoms with Crippen molar-refractivity contribution >= 4 is 74.9 Å². The molecule has 2 bridgehead atoms. The first kappa shape index (κ1) is 47.4. The first-order valence-electron chi connectivity index (χ1n) is 22.0. The van der Waals surface area contributed by atoms with Gasteiger partial charge in [0.05, 0.1) is 45.5 Å². The molecule has 0 spiro atoms. The van der Waals surface area contributed by atoms with Gasteiger partial charge < -0.3 is 29.6 Å². The van der Waals surface area contributed by atoms with Gasteiger partial charge in [-0.05, 0) is 115 Å². The number of anilines is 2. The number of esters is 1. The van der Waals surface area contributed by atoms with Gasteiger partial charge in [-0.25, -0.2) is 4.79 Å². The fourth-order valence-corrected chi connectivity index (χ4v) is 8.93. The summed E-state index contributed by atoms with van der Waals surface area (Å²) in [6.45, 7) is 11.5. The molecule has 6 aromatic rings. The Bertz CT molecular complexity index is 2530. The second-order valence-corrected chi connectivity index (χ2v) is 16.9. The number of rotatable bonds is 16. The maximum absolute atomic E-state index is 14.3. The summed E-state index contributed by atoms with van der Waals surface area (Å²) in [5.74, 6) is 1.76. The van der Waals surface area contributed by atoms with Crippen molar-refractivity contribution in [3.8, 4) is 17.2 Å². The van der Waals surface area contributed by atoms with Crippen LogP contribution in [0.5, 0.6) is 17.2 Å². The zero-order valence-electron chi connectivity index (χ0n) is 36.9. The standard InChI is InChI=1S/C46H44Cl4N2O4.C8H8O/c1-5-25-51-37-15-11-9-13-33(37)35(29-17-21-31(22-18-29)54-7-3)27-46(40-39(45(53)56-46)41(47)43(49)44(50)42(40)48)28-36(30-19-23-32(24-20-30)55-8-4)34-14-10-12-16-38(34)52-26-6-2;1-3-8-4-2-7(1)5-6-9-8/h9-24,27-28,51-52H,5-8,25-26H2,1-4H3;1-4H,5-6H2. The lowest BCUT2D eigenvalue weighted by atomic mass is 9.82. The van der Waals surface area contributed by atoms with Crippen molar-refractivity contribution in [1.29, 1.82) is 0 Å². The number of para-hydroxylation sites is 2. The molecule has 0 saturated heterocycles. The minimum absolute atomic E-state index is 0.0156. The van der Waals surface area contributed by atoms with Gasteiger partial charge in [0.1, 0.15) is 17.2 Å². The van der Waals surface area contributed by atoms with E-state index in [0.29, 0.717) is 13.2 Å². The normalized spacial score (nSPS) is 15.2. The van der Waals surface area contributed by atoms with E-state index in [1.807, 2.05) is 135 Å². The van der Waals surface area contributed by atoms with E-state index in [4.69, 9.17) is 65.4 Å². The van der Waals surface area contributed by atoms with E-state index in [-0.39, 0.29) is 31.2 Å². The van der Waals surface area contributed by atoms with Crippen molar-refractivity contribution < 1.29 is 23.7 Å². The summed E-state index contributed by atoms with van der Waals surface area (Å²) in [4.78, 5) is 14.3. The second-order valence-electron chi connectivity index (χ2n) is 15.4. The van der Waals surface area contributed by atoms with Gasteiger partial charge in [-0.2, -0.15) is 0 Å². The predicted octanol–water partition coefficient (Wildman–Crippen LogP) is 15.0.